The second-order valence-electron chi connectivity index (χ2n) is 4.07. The third kappa shape index (κ3) is 8.01. The van der Waals surface area contributed by atoms with Gasteiger partial charge in [0.2, 0.25) is 0 Å². The van der Waals surface area contributed by atoms with Crippen LogP contribution >= 0.6 is 24.0 Å². The standard InChI is InChI=1S/C14H20N2O2S2/c1-20-10-9-16-14(19)15-8-7-13(17)18-11-12-5-3-2-4-6-12/h2-6H,7-11H2,1H3,(H2,15,16,19). The van der Waals surface area contributed by atoms with Crippen LogP contribution < -0.4 is 10.6 Å². The molecule has 0 aromatic heterocycles. The molecule has 1 aromatic rings. The second-order valence-corrected chi connectivity index (χ2v) is 5.47. The molecule has 0 saturated heterocycles. The first-order valence-corrected chi connectivity index (χ1v) is 8.22. The van der Waals surface area contributed by atoms with Crippen LogP contribution in [0.4, 0.5) is 0 Å². The summed E-state index contributed by atoms with van der Waals surface area (Å²) in [6.07, 6.45) is 2.35. The molecule has 110 valence electrons. The van der Waals surface area contributed by atoms with Crippen molar-refractivity contribution < 1.29 is 9.53 Å². The molecule has 0 atom stereocenters. The summed E-state index contributed by atoms with van der Waals surface area (Å²) >= 11 is 6.83. The molecule has 1 aromatic carbocycles. The Morgan fingerprint density at radius 2 is 1.95 bits per heavy atom. The first-order chi connectivity index (χ1) is 9.72. The van der Waals surface area contributed by atoms with Crippen molar-refractivity contribution in [3.63, 3.8) is 0 Å². The Kier molecular flexibility index (Phi) is 8.82. The monoisotopic (exact) mass is 312 g/mol. The van der Waals surface area contributed by atoms with Crippen LogP contribution in [0.15, 0.2) is 30.3 Å². The highest BCUT2D eigenvalue weighted by molar-refractivity contribution is 7.98. The zero-order valence-electron chi connectivity index (χ0n) is 11.6. The number of carbonyl (C=O) groups excluding carboxylic acids is 1. The predicted molar refractivity (Wildman–Crippen MR) is 87.8 cm³/mol. The van der Waals surface area contributed by atoms with E-state index in [0.717, 1.165) is 17.9 Å². The van der Waals surface area contributed by atoms with Crippen molar-refractivity contribution in [3.8, 4) is 0 Å². The van der Waals surface area contributed by atoms with E-state index in [1.165, 1.54) is 0 Å². The van der Waals surface area contributed by atoms with E-state index in [9.17, 15) is 4.79 Å². The van der Waals surface area contributed by atoms with Crippen LogP contribution in [0.2, 0.25) is 0 Å². The molecule has 4 nitrogen and oxygen atoms in total. The Hall–Kier alpha value is -1.27. The quantitative estimate of drug-likeness (QED) is 0.435. The van der Waals surface area contributed by atoms with Gasteiger partial charge in [0.25, 0.3) is 0 Å². The van der Waals surface area contributed by atoms with Crippen LogP contribution in [-0.2, 0) is 16.1 Å². The van der Waals surface area contributed by atoms with Crippen molar-refractivity contribution in [2.45, 2.75) is 13.0 Å². The normalized spacial score (nSPS) is 9.85. The van der Waals surface area contributed by atoms with E-state index in [-0.39, 0.29) is 5.97 Å². The van der Waals surface area contributed by atoms with Gasteiger partial charge in [-0.25, -0.2) is 0 Å². The minimum absolute atomic E-state index is 0.228. The smallest absolute Gasteiger partial charge is 0.307 e. The van der Waals surface area contributed by atoms with E-state index in [1.807, 2.05) is 36.6 Å². The van der Waals surface area contributed by atoms with Gasteiger partial charge in [-0.2, -0.15) is 11.8 Å². The van der Waals surface area contributed by atoms with Crippen molar-refractivity contribution in [2.24, 2.45) is 0 Å². The number of thioether (sulfide) groups is 1. The second kappa shape index (κ2) is 10.5. The Balaban J connectivity index is 2.07. The molecular weight excluding hydrogens is 292 g/mol. The summed E-state index contributed by atoms with van der Waals surface area (Å²) in [5, 5.41) is 6.62. The summed E-state index contributed by atoms with van der Waals surface area (Å²) in [6, 6.07) is 9.62. The lowest BCUT2D eigenvalue weighted by Gasteiger charge is -2.09. The molecule has 0 saturated carbocycles. The van der Waals surface area contributed by atoms with Crippen molar-refractivity contribution in [3.05, 3.63) is 35.9 Å². The molecular formula is C14H20N2O2S2. The van der Waals surface area contributed by atoms with Gasteiger partial charge >= 0.3 is 5.97 Å². The minimum Gasteiger partial charge on any atom is -0.461 e. The van der Waals surface area contributed by atoms with Crippen LogP contribution in [0.3, 0.4) is 0 Å². The Morgan fingerprint density at radius 1 is 1.25 bits per heavy atom. The number of carbonyl (C=O) groups is 1. The van der Waals surface area contributed by atoms with Gasteiger partial charge in [-0.05, 0) is 24.0 Å². The number of rotatable bonds is 8. The number of hydrogen-bond donors (Lipinski definition) is 2. The number of nitrogens with one attached hydrogen (secondary N) is 2. The largest absolute Gasteiger partial charge is 0.461 e. The molecule has 6 heteroatoms. The summed E-state index contributed by atoms with van der Waals surface area (Å²) in [4.78, 5) is 11.5. The number of thiocarbonyl (C=S) groups is 1. The fourth-order valence-electron chi connectivity index (χ4n) is 1.42. The van der Waals surface area contributed by atoms with E-state index in [1.54, 1.807) is 11.8 Å². The molecule has 20 heavy (non-hydrogen) atoms. The molecule has 0 aliphatic heterocycles. The molecule has 0 aliphatic carbocycles. The first-order valence-electron chi connectivity index (χ1n) is 6.42. The van der Waals surface area contributed by atoms with Crippen molar-refractivity contribution in [1.29, 1.82) is 0 Å². The number of hydrogen-bond acceptors (Lipinski definition) is 4. The van der Waals surface area contributed by atoms with Gasteiger partial charge in [-0.3, -0.25) is 4.79 Å². The van der Waals surface area contributed by atoms with Gasteiger partial charge in [0.15, 0.2) is 5.11 Å². The highest BCUT2D eigenvalue weighted by Crippen LogP contribution is 2.01. The maximum atomic E-state index is 11.5. The molecule has 0 aliphatic rings. The lowest BCUT2D eigenvalue weighted by molar-refractivity contribution is -0.144. The molecule has 0 unspecified atom stereocenters. The average Bonchev–Trinajstić information content (AvgIpc) is 2.46. The van der Waals surface area contributed by atoms with E-state index in [4.69, 9.17) is 17.0 Å². The van der Waals surface area contributed by atoms with Crippen LogP contribution in [0.25, 0.3) is 0 Å². The molecule has 2 N–H and O–H groups in total. The molecule has 1 rings (SSSR count). The lowest BCUT2D eigenvalue weighted by atomic mass is 10.2. The number of esters is 1. The van der Waals surface area contributed by atoms with Gasteiger partial charge in [-0.1, -0.05) is 30.3 Å². The fourth-order valence-corrected chi connectivity index (χ4v) is 1.93. The summed E-state index contributed by atoms with van der Waals surface area (Å²) in [5.74, 6) is 0.772. The number of ether oxygens (including phenoxy) is 1. The Bertz CT molecular complexity index is 413. The Labute approximate surface area is 129 Å². The first kappa shape index (κ1) is 16.8. The fraction of sp³-hybridized carbons (Fsp3) is 0.429. The van der Waals surface area contributed by atoms with Gasteiger partial charge in [0.05, 0.1) is 6.42 Å². The van der Waals surface area contributed by atoms with E-state index >= 15 is 0 Å². The van der Waals surface area contributed by atoms with Gasteiger partial charge in [-0.15, -0.1) is 0 Å². The predicted octanol–water partition coefficient (Wildman–Crippen LogP) is 1.95. The maximum absolute atomic E-state index is 11.5. The van der Waals surface area contributed by atoms with E-state index in [0.29, 0.717) is 24.7 Å². The van der Waals surface area contributed by atoms with Crippen molar-refractivity contribution in [2.75, 3.05) is 25.1 Å². The average molecular weight is 312 g/mol. The van der Waals surface area contributed by atoms with E-state index in [2.05, 4.69) is 10.6 Å². The molecule has 0 spiro atoms. The Morgan fingerprint density at radius 3 is 2.65 bits per heavy atom. The summed E-state index contributed by atoms with van der Waals surface area (Å²) in [7, 11) is 0. The van der Waals surface area contributed by atoms with Crippen molar-refractivity contribution in [1.82, 2.24) is 10.6 Å². The minimum atomic E-state index is -0.228. The van der Waals surface area contributed by atoms with Crippen LogP contribution in [0.5, 0.6) is 0 Å². The van der Waals surface area contributed by atoms with Crippen LogP contribution in [0.1, 0.15) is 12.0 Å². The molecule has 0 heterocycles. The van der Waals surface area contributed by atoms with E-state index < -0.39 is 0 Å². The SMILES string of the molecule is CSCCNC(=S)NCCC(=O)OCc1ccccc1. The summed E-state index contributed by atoms with van der Waals surface area (Å²) in [6.45, 7) is 1.63. The molecule has 0 bridgehead atoms. The third-order valence-electron chi connectivity index (χ3n) is 2.45. The van der Waals surface area contributed by atoms with Gasteiger partial charge < -0.3 is 15.4 Å². The zero-order valence-corrected chi connectivity index (χ0v) is 13.2. The molecule has 0 amide bonds. The lowest BCUT2D eigenvalue weighted by Crippen LogP contribution is -2.37. The highest BCUT2D eigenvalue weighted by atomic mass is 32.2. The highest BCUT2D eigenvalue weighted by Gasteiger charge is 2.03. The van der Waals surface area contributed by atoms with Crippen LogP contribution in [-0.4, -0.2) is 36.2 Å². The topological polar surface area (TPSA) is 50.4 Å². The van der Waals surface area contributed by atoms with Gasteiger partial charge in [0, 0.05) is 18.8 Å². The summed E-state index contributed by atoms with van der Waals surface area (Å²) < 4.78 is 5.16. The summed E-state index contributed by atoms with van der Waals surface area (Å²) in [5.41, 5.74) is 0.989. The molecule has 0 fully saturated rings. The van der Waals surface area contributed by atoms with Crippen LogP contribution in [0, 0.1) is 0 Å². The maximum Gasteiger partial charge on any atom is 0.307 e. The molecule has 0 radical (unpaired) electrons. The van der Waals surface area contributed by atoms with Crippen molar-refractivity contribution >= 4 is 35.1 Å². The zero-order chi connectivity index (χ0) is 14.6. The number of benzene rings is 1. The third-order valence-corrected chi connectivity index (χ3v) is 3.35. The van der Waals surface area contributed by atoms with Gasteiger partial charge in [0.1, 0.15) is 6.61 Å².